The molecule has 1 aromatic heterocycles. The van der Waals surface area contributed by atoms with E-state index < -0.39 is 0 Å². The molecule has 1 aliphatic heterocycles. The van der Waals surface area contributed by atoms with E-state index in [-0.39, 0.29) is 0 Å². The fraction of sp³-hybridized carbons (Fsp3) is 0.667. The zero-order chi connectivity index (χ0) is 13.7. The van der Waals surface area contributed by atoms with Crippen LogP contribution in [0.1, 0.15) is 26.7 Å². The van der Waals surface area contributed by atoms with Crippen LogP contribution in [0.15, 0.2) is 18.2 Å². The summed E-state index contributed by atoms with van der Waals surface area (Å²) in [6.45, 7) is 7.72. The van der Waals surface area contributed by atoms with Crippen molar-refractivity contribution in [2.24, 2.45) is 5.92 Å². The number of pyridine rings is 1. The highest BCUT2D eigenvalue weighted by atomic mass is 16.5. The predicted molar refractivity (Wildman–Crippen MR) is 78.9 cm³/mol. The second-order valence-electron chi connectivity index (χ2n) is 5.53. The normalized spacial score (nSPS) is 16.9. The van der Waals surface area contributed by atoms with Crippen LogP contribution in [0.5, 0.6) is 5.88 Å². The lowest BCUT2D eigenvalue weighted by atomic mass is 9.96. The third-order valence-corrected chi connectivity index (χ3v) is 3.67. The molecule has 0 bridgehead atoms. The van der Waals surface area contributed by atoms with E-state index >= 15 is 0 Å². The molecular formula is C15H25N3O. The minimum atomic E-state index is 0.582. The van der Waals surface area contributed by atoms with Gasteiger partial charge in [0.1, 0.15) is 5.82 Å². The van der Waals surface area contributed by atoms with Crippen LogP contribution in [0, 0.1) is 5.92 Å². The Morgan fingerprint density at radius 2 is 2.11 bits per heavy atom. The van der Waals surface area contributed by atoms with Crippen molar-refractivity contribution in [2.45, 2.75) is 32.7 Å². The van der Waals surface area contributed by atoms with Gasteiger partial charge in [-0.1, -0.05) is 19.9 Å². The lowest BCUT2D eigenvalue weighted by molar-refractivity contribution is 0.367. The van der Waals surface area contributed by atoms with Gasteiger partial charge in [-0.2, -0.15) is 4.98 Å². The van der Waals surface area contributed by atoms with Crippen LogP contribution >= 0.6 is 0 Å². The largest absolute Gasteiger partial charge is 0.481 e. The van der Waals surface area contributed by atoms with Crippen LogP contribution < -0.4 is 15.0 Å². The molecule has 4 nitrogen and oxygen atoms in total. The standard InChI is InChI=1S/C15H25N3O/c1-12(2)16-11-13-7-9-18(10-8-13)14-5-4-6-15(17-14)19-3/h4-6,12-13,16H,7-11H2,1-3H3. The van der Waals surface area contributed by atoms with Crippen LogP contribution in [-0.4, -0.2) is 37.8 Å². The van der Waals surface area contributed by atoms with Crippen LogP contribution in [0.4, 0.5) is 5.82 Å². The lowest BCUT2D eigenvalue weighted by Crippen LogP contribution is -2.39. The molecule has 2 rings (SSSR count). The summed E-state index contributed by atoms with van der Waals surface area (Å²) >= 11 is 0. The molecule has 19 heavy (non-hydrogen) atoms. The van der Waals surface area contributed by atoms with Gasteiger partial charge in [0.25, 0.3) is 0 Å². The summed E-state index contributed by atoms with van der Waals surface area (Å²) in [6, 6.07) is 6.55. The number of nitrogens with one attached hydrogen (secondary N) is 1. The average molecular weight is 263 g/mol. The Morgan fingerprint density at radius 3 is 2.74 bits per heavy atom. The molecule has 0 radical (unpaired) electrons. The maximum atomic E-state index is 5.18. The molecule has 0 unspecified atom stereocenters. The van der Waals surface area contributed by atoms with Crippen LogP contribution in [0.3, 0.4) is 0 Å². The van der Waals surface area contributed by atoms with Crippen LogP contribution in [-0.2, 0) is 0 Å². The number of anilines is 1. The van der Waals surface area contributed by atoms with Crippen molar-refractivity contribution in [3.63, 3.8) is 0 Å². The van der Waals surface area contributed by atoms with E-state index in [9.17, 15) is 0 Å². The molecule has 0 aromatic carbocycles. The Hall–Kier alpha value is -1.29. The lowest BCUT2D eigenvalue weighted by Gasteiger charge is -2.33. The Labute approximate surface area is 116 Å². The van der Waals surface area contributed by atoms with Crippen LogP contribution in [0.2, 0.25) is 0 Å². The highest BCUT2D eigenvalue weighted by Crippen LogP contribution is 2.23. The third-order valence-electron chi connectivity index (χ3n) is 3.67. The molecule has 0 saturated carbocycles. The van der Waals surface area contributed by atoms with Crippen molar-refractivity contribution in [1.29, 1.82) is 0 Å². The number of piperidine rings is 1. The zero-order valence-electron chi connectivity index (χ0n) is 12.2. The quantitative estimate of drug-likeness (QED) is 0.884. The maximum Gasteiger partial charge on any atom is 0.214 e. The summed E-state index contributed by atoms with van der Waals surface area (Å²) in [5.74, 6) is 2.53. The van der Waals surface area contributed by atoms with Crippen molar-refractivity contribution < 1.29 is 4.74 Å². The smallest absolute Gasteiger partial charge is 0.214 e. The molecule has 1 fully saturated rings. The molecule has 106 valence electrons. The highest BCUT2D eigenvalue weighted by Gasteiger charge is 2.20. The summed E-state index contributed by atoms with van der Waals surface area (Å²) in [5, 5.41) is 3.53. The van der Waals surface area contributed by atoms with Gasteiger partial charge in [-0.05, 0) is 31.4 Å². The fourth-order valence-electron chi connectivity index (χ4n) is 2.46. The Balaban J connectivity index is 1.85. The monoisotopic (exact) mass is 263 g/mol. The first kappa shape index (κ1) is 14.1. The predicted octanol–water partition coefficient (Wildman–Crippen LogP) is 2.30. The summed E-state index contributed by atoms with van der Waals surface area (Å²) in [7, 11) is 1.66. The first-order valence-electron chi connectivity index (χ1n) is 7.18. The van der Waals surface area contributed by atoms with E-state index in [1.165, 1.54) is 12.8 Å². The zero-order valence-corrected chi connectivity index (χ0v) is 12.2. The van der Waals surface area contributed by atoms with Gasteiger partial charge < -0.3 is 15.0 Å². The first-order chi connectivity index (χ1) is 9.19. The second-order valence-corrected chi connectivity index (χ2v) is 5.53. The van der Waals surface area contributed by atoms with Gasteiger partial charge >= 0.3 is 0 Å². The number of methoxy groups -OCH3 is 1. The van der Waals surface area contributed by atoms with E-state index in [2.05, 4.69) is 35.1 Å². The molecule has 0 aliphatic carbocycles. The second kappa shape index (κ2) is 6.75. The van der Waals surface area contributed by atoms with E-state index in [0.717, 1.165) is 31.4 Å². The van der Waals surface area contributed by atoms with E-state index in [4.69, 9.17) is 4.74 Å². The number of nitrogens with zero attached hydrogens (tertiary/aromatic N) is 2. The number of rotatable bonds is 5. The minimum absolute atomic E-state index is 0.582. The third kappa shape index (κ3) is 4.10. The molecule has 1 aromatic rings. The first-order valence-corrected chi connectivity index (χ1v) is 7.18. The van der Waals surface area contributed by atoms with Gasteiger partial charge in [-0.15, -0.1) is 0 Å². The van der Waals surface area contributed by atoms with Gasteiger partial charge in [-0.25, -0.2) is 0 Å². The highest BCUT2D eigenvalue weighted by molar-refractivity contribution is 5.41. The topological polar surface area (TPSA) is 37.4 Å². The Morgan fingerprint density at radius 1 is 1.37 bits per heavy atom. The van der Waals surface area contributed by atoms with Gasteiger partial charge in [0.05, 0.1) is 7.11 Å². The van der Waals surface area contributed by atoms with Gasteiger partial charge in [0.15, 0.2) is 0 Å². The van der Waals surface area contributed by atoms with Crippen molar-refractivity contribution in [3.8, 4) is 5.88 Å². The molecule has 0 atom stereocenters. The molecule has 0 amide bonds. The fourth-order valence-corrected chi connectivity index (χ4v) is 2.46. The Bertz CT molecular complexity index is 387. The minimum Gasteiger partial charge on any atom is -0.481 e. The summed E-state index contributed by atoms with van der Waals surface area (Å²) in [6.07, 6.45) is 2.47. The Kier molecular flexibility index (Phi) is 5.02. The van der Waals surface area contributed by atoms with Gasteiger partial charge in [0.2, 0.25) is 5.88 Å². The van der Waals surface area contributed by atoms with Gasteiger partial charge in [-0.3, -0.25) is 0 Å². The van der Waals surface area contributed by atoms with Crippen molar-refractivity contribution >= 4 is 5.82 Å². The van der Waals surface area contributed by atoms with E-state index in [1.807, 2.05) is 12.1 Å². The van der Waals surface area contributed by atoms with Crippen molar-refractivity contribution in [2.75, 3.05) is 31.6 Å². The maximum absolute atomic E-state index is 5.18. The summed E-state index contributed by atoms with van der Waals surface area (Å²) in [5.41, 5.74) is 0. The number of ether oxygens (including phenoxy) is 1. The number of hydrogen-bond acceptors (Lipinski definition) is 4. The van der Waals surface area contributed by atoms with Crippen molar-refractivity contribution in [1.82, 2.24) is 10.3 Å². The van der Waals surface area contributed by atoms with E-state index in [0.29, 0.717) is 11.9 Å². The number of aromatic nitrogens is 1. The molecule has 2 heterocycles. The van der Waals surface area contributed by atoms with Crippen LogP contribution in [0.25, 0.3) is 0 Å². The van der Waals surface area contributed by atoms with E-state index in [1.54, 1.807) is 7.11 Å². The summed E-state index contributed by atoms with van der Waals surface area (Å²) < 4.78 is 5.18. The molecule has 1 aliphatic rings. The molecule has 0 spiro atoms. The number of hydrogen-bond donors (Lipinski definition) is 1. The summed E-state index contributed by atoms with van der Waals surface area (Å²) in [4.78, 5) is 6.86. The molecule has 1 N–H and O–H groups in total. The van der Waals surface area contributed by atoms with Gasteiger partial charge in [0, 0.05) is 25.2 Å². The SMILES string of the molecule is COc1cccc(N2CCC(CNC(C)C)CC2)n1. The molecular weight excluding hydrogens is 238 g/mol. The average Bonchev–Trinajstić information content (AvgIpc) is 2.45. The molecule has 1 saturated heterocycles. The van der Waals surface area contributed by atoms with Crippen molar-refractivity contribution in [3.05, 3.63) is 18.2 Å². The molecule has 4 heteroatoms.